The van der Waals surface area contributed by atoms with Crippen LogP contribution in [0.5, 0.6) is 0 Å². The van der Waals surface area contributed by atoms with E-state index in [-0.39, 0.29) is 48.1 Å². The lowest BCUT2D eigenvalue weighted by Gasteiger charge is -2.19. The summed E-state index contributed by atoms with van der Waals surface area (Å²) in [6, 6.07) is 1.40. The number of anilines is 1. The van der Waals surface area contributed by atoms with E-state index in [1.165, 1.54) is 0 Å². The highest BCUT2D eigenvalue weighted by Crippen LogP contribution is 2.23. The van der Waals surface area contributed by atoms with Crippen LogP contribution in [0, 0.1) is 23.4 Å². The summed E-state index contributed by atoms with van der Waals surface area (Å²) in [6.45, 7) is 5.38. The van der Waals surface area contributed by atoms with Crippen LogP contribution in [0.2, 0.25) is 0 Å². The van der Waals surface area contributed by atoms with E-state index in [2.05, 4.69) is 20.3 Å². The van der Waals surface area contributed by atoms with Gasteiger partial charge in [-0.1, -0.05) is 20.8 Å². The third kappa shape index (κ3) is 7.71. The number of nitrogens with two attached hydrogens (primary N) is 1. The maximum atomic E-state index is 13.6. The number of hydrogen-bond donors (Lipinski definition) is 3. The van der Waals surface area contributed by atoms with Gasteiger partial charge in [0.1, 0.15) is 11.6 Å². The number of aliphatic hydroxyl groups is 1. The number of benzene rings is 1. The van der Waals surface area contributed by atoms with Crippen LogP contribution in [0.3, 0.4) is 0 Å². The molecule has 8 nitrogen and oxygen atoms in total. The summed E-state index contributed by atoms with van der Waals surface area (Å²) in [5.74, 6) is -4.99. The molecule has 1 aromatic carbocycles. The van der Waals surface area contributed by atoms with Crippen molar-refractivity contribution in [2.24, 2.45) is 11.1 Å². The minimum Gasteiger partial charge on any atom is -0.394 e. The van der Waals surface area contributed by atoms with Crippen molar-refractivity contribution >= 4 is 16.0 Å². The highest BCUT2D eigenvalue weighted by molar-refractivity contribution is 7.88. The highest BCUT2D eigenvalue weighted by atomic mass is 32.2. The number of aromatic nitrogens is 3. The molecule has 0 unspecified atom stereocenters. The molecule has 0 bridgehead atoms. The fourth-order valence-electron chi connectivity index (χ4n) is 3.05. The van der Waals surface area contributed by atoms with E-state index < -0.39 is 39.1 Å². The van der Waals surface area contributed by atoms with Gasteiger partial charge in [-0.15, -0.1) is 0 Å². The Bertz CT molecular complexity index is 998. The molecule has 0 saturated carbocycles. The number of sulfonamides is 1. The average Bonchev–Trinajstić information content (AvgIpc) is 2.63. The van der Waals surface area contributed by atoms with Gasteiger partial charge in [0.05, 0.1) is 12.6 Å². The molecule has 0 saturated heterocycles. The van der Waals surface area contributed by atoms with Crippen molar-refractivity contribution in [2.75, 3.05) is 11.9 Å². The molecule has 172 valence electrons. The van der Waals surface area contributed by atoms with Gasteiger partial charge in [-0.25, -0.2) is 31.7 Å². The molecule has 0 aliphatic rings. The van der Waals surface area contributed by atoms with E-state index in [0.717, 1.165) is 12.1 Å². The van der Waals surface area contributed by atoms with Crippen LogP contribution < -0.4 is 10.5 Å². The first-order valence-corrected chi connectivity index (χ1v) is 11.4. The van der Waals surface area contributed by atoms with Crippen molar-refractivity contribution in [1.82, 2.24) is 15.0 Å². The van der Waals surface area contributed by atoms with Gasteiger partial charge in [0.25, 0.3) is 0 Å². The molecule has 0 aliphatic carbocycles. The number of primary sulfonamides is 1. The number of nitrogens with one attached hydrogen (secondary N) is 1. The van der Waals surface area contributed by atoms with Crippen LogP contribution in [0.15, 0.2) is 12.1 Å². The Kier molecular flexibility index (Phi) is 8.32. The van der Waals surface area contributed by atoms with E-state index in [4.69, 9.17) is 5.14 Å². The molecular weight excluding hydrogens is 435 g/mol. The first-order chi connectivity index (χ1) is 14.4. The van der Waals surface area contributed by atoms with Crippen LogP contribution in [0.4, 0.5) is 19.1 Å². The summed E-state index contributed by atoms with van der Waals surface area (Å²) in [5.41, 5.74) is 0.187. The van der Waals surface area contributed by atoms with Gasteiger partial charge < -0.3 is 10.4 Å². The summed E-state index contributed by atoms with van der Waals surface area (Å²) in [5, 5.41) is 17.6. The van der Waals surface area contributed by atoms with Gasteiger partial charge in [-0.2, -0.15) is 9.97 Å². The molecule has 31 heavy (non-hydrogen) atoms. The third-order valence-electron chi connectivity index (χ3n) is 4.43. The van der Waals surface area contributed by atoms with Crippen molar-refractivity contribution in [3.05, 3.63) is 46.8 Å². The van der Waals surface area contributed by atoms with E-state index in [9.17, 15) is 26.7 Å². The third-order valence-corrected chi connectivity index (χ3v) is 5.09. The largest absolute Gasteiger partial charge is 0.394 e. The first kappa shape index (κ1) is 25.0. The van der Waals surface area contributed by atoms with Gasteiger partial charge in [-0.3, -0.25) is 0 Å². The summed E-state index contributed by atoms with van der Waals surface area (Å²) in [4.78, 5) is 12.4. The van der Waals surface area contributed by atoms with Crippen molar-refractivity contribution in [3.63, 3.8) is 0 Å². The Morgan fingerprint density at radius 2 is 1.65 bits per heavy atom. The second-order valence-electron chi connectivity index (χ2n) is 7.86. The predicted molar refractivity (Wildman–Crippen MR) is 109 cm³/mol. The normalized spacial score (nSPS) is 14.0. The van der Waals surface area contributed by atoms with Crippen molar-refractivity contribution in [1.29, 1.82) is 0 Å². The van der Waals surface area contributed by atoms with E-state index in [0.29, 0.717) is 6.42 Å². The topological polar surface area (TPSA) is 131 Å². The molecule has 1 aromatic heterocycles. The summed E-state index contributed by atoms with van der Waals surface area (Å²) in [7, 11) is -3.93. The Balaban J connectivity index is 2.35. The first-order valence-electron chi connectivity index (χ1n) is 9.64. The van der Waals surface area contributed by atoms with Crippen molar-refractivity contribution < 1.29 is 26.7 Å². The Hall–Kier alpha value is -2.31. The second kappa shape index (κ2) is 10.3. The average molecular weight is 462 g/mol. The fraction of sp³-hybridized carbons (Fsp3) is 0.526. The monoisotopic (exact) mass is 461 g/mol. The van der Waals surface area contributed by atoms with Crippen LogP contribution in [0.25, 0.3) is 0 Å². The number of nitrogens with zero attached hydrogens (tertiary/aromatic N) is 3. The molecule has 0 radical (unpaired) electrons. The van der Waals surface area contributed by atoms with Crippen molar-refractivity contribution in [3.8, 4) is 0 Å². The standard InChI is InChI=1S/C19H26F3N5O3S/c1-10(2)4-13(8-28)24-19-26-16(25-17(27-19)9-31(23,29)30)5-11(3)12-6-14(20)18(22)15(21)7-12/h6-7,10-11,13,28H,4-5,8-9H2,1-3H3,(H2,23,29,30)(H,24,25,26,27)/t11-,13+/m0/s1. The second-order valence-corrected chi connectivity index (χ2v) is 9.47. The number of aliphatic hydroxyl groups excluding tert-OH is 1. The molecule has 0 amide bonds. The highest BCUT2D eigenvalue weighted by Gasteiger charge is 2.19. The number of halogens is 3. The van der Waals surface area contributed by atoms with E-state index in [1.54, 1.807) is 6.92 Å². The number of hydrogen-bond acceptors (Lipinski definition) is 7. The van der Waals surface area contributed by atoms with Gasteiger partial charge in [0.15, 0.2) is 23.3 Å². The summed E-state index contributed by atoms with van der Waals surface area (Å²) >= 11 is 0. The molecule has 2 rings (SSSR count). The molecule has 4 N–H and O–H groups in total. The number of rotatable bonds is 10. The van der Waals surface area contributed by atoms with Crippen LogP contribution in [-0.2, 0) is 22.2 Å². The molecule has 1 heterocycles. The van der Waals surface area contributed by atoms with Crippen molar-refractivity contribution in [2.45, 2.75) is 51.3 Å². The lowest BCUT2D eigenvalue weighted by Crippen LogP contribution is -2.28. The lowest BCUT2D eigenvalue weighted by molar-refractivity contribution is 0.259. The molecule has 12 heteroatoms. The maximum Gasteiger partial charge on any atom is 0.226 e. The van der Waals surface area contributed by atoms with Gasteiger partial charge in [-0.05, 0) is 36.0 Å². The molecule has 2 aromatic rings. The maximum absolute atomic E-state index is 13.6. The van der Waals surface area contributed by atoms with E-state index >= 15 is 0 Å². The van der Waals surface area contributed by atoms with Crippen LogP contribution >= 0.6 is 0 Å². The van der Waals surface area contributed by atoms with Gasteiger partial charge >= 0.3 is 0 Å². The molecular formula is C19H26F3N5O3S. The SMILES string of the molecule is CC(C)C[C@H](CO)Nc1nc(C[C@H](C)c2cc(F)c(F)c(F)c2)nc(CS(N)(=O)=O)n1. The Morgan fingerprint density at radius 3 is 2.16 bits per heavy atom. The zero-order chi connectivity index (χ0) is 23.3. The Morgan fingerprint density at radius 1 is 1.06 bits per heavy atom. The van der Waals surface area contributed by atoms with Gasteiger partial charge in [0, 0.05) is 6.42 Å². The smallest absolute Gasteiger partial charge is 0.226 e. The zero-order valence-electron chi connectivity index (χ0n) is 17.4. The molecule has 0 spiro atoms. The minimum absolute atomic E-state index is 0.0482. The Labute approximate surface area is 179 Å². The zero-order valence-corrected chi connectivity index (χ0v) is 18.3. The minimum atomic E-state index is -3.93. The molecule has 2 atom stereocenters. The molecule has 0 fully saturated rings. The summed E-state index contributed by atoms with van der Waals surface area (Å²) < 4.78 is 63.4. The van der Waals surface area contributed by atoms with Gasteiger partial charge in [0.2, 0.25) is 16.0 Å². The molecule has 0 aliphatic heterocycles. The van der Waals surface area contributed by atoms with Crippen LogP contribution in [-0.4, -0.2) is 41.1 Å². The lowest BCUT2D eigenvalue weighted by atomic mass is 9.97. The van der Waals surface area contributed by atoms with Crippen LogP contribution in [0.1, 0.15) is 50.3 Å². The summed E-state index contributed by atoms with van der Waals surface area (Å²) in [6.07, 6.45) is 0.667. The quantitative estimate of drug-likeness (QED) is 0.463. The fourth-order valence-corrected chi connectivity index (χ4v) is 3.54. The van der Waals surface area contributed by atoms with E-state index in [1.807, 2.05) is 13.8 Å². The predicted octanol–water partition coefficient (Wildman–Crippen LogP) is 2.24.